The Bertz CT molecular complexity index is 922. The van der Waals surface area contributed by atoms with Crippen molar-refractivity contribution in [1.82, 2.24) is 0 Å². The molecule has 198 valence electrons. The van der Waals surface area contributed by atoms with Gasteiger partial charge in [-0.05, 0) is 10.8 Å². The molecule has 0 N–H and O–H groups in total. The van der Waals surface area contributed by atoms with E-state index in [1.54, 1.807) is 0 Å². The molecule has 0 bridgehead atoms. The van der Waals surface area contributed by atoms with Crippen molar-refractivity contribution < 1.29 is 19.2 Å². The SMILES string of the molecule is CC(C)(C)C1=CC(c2ccccc2)=[C-]C1.CC(C)(C)C1=CC(c2ccccc2)=[C-]C1.Cl.Cl.[CH3-].[CH3-].[SiH2]=[Ti]. The van der Waals surface area contributed by atoms with E-state index in [0.717, 1.165) is 12.8 Å². The fourth-order valence-corrected chi connectivity index (χ4v) is 3.50. The van der Waals surface area contributed by atoms with E-state index in [9.17, 15) is 0 Å². The summed E-state index contributed by atoms with van der Waals surface area (Å²) in [6.45, 7) is 13.6. The Morgan fingerprint density at radius 2 is 0.861 bits per heavy atom. The quantitative estimate of drug-likeness (QED) is 0.247. The first-order chi connectivity index (χ1) is 15.1. The first-order valence-corrected chi connectivity index (χ1v) is 15.3. The van der Waals surface area contributed by atoms with Crippen molar-refractivity contribution in [3.63, 3.8) is 0 Å². The van der Waals surface area contributed by atoms with Crippen LogP contribution in [0.25, 0.3) is 11.1 Å². The third-order valence-corrected chi connectivity index (χ3v) is 5.67. The van der Waals surface area contributed by atoms with Crippen LogP contribution in [0.5, 0.6) is 0 Å². The number of allylic oxidation sites excluding steroid dienone is 8. The van der Waals surface area contributed by atoms with Crippen molar-refractivity contribution >= 4 is 43.6 Å². The summed E-state index contributed by atoms with van der Waals surface area (Å²) in [5.41, 5.74) is 8.53. The van der Waals surface area contributed by atoms with Crippen LogP contribution in [0.15, 0.2) is 84.0 Å². The second kappa shape index (κ2) is 18.2. The maximum absolute atomic E-state index is 3.45. The van der Waals surface area contributed by atoms with Crippen molar-refractivity contribution in [2.75, 3.05) is 0 Å². The van der Waals surface area contributed by atoms with E-state index >= 15 is 0 Å². The summed E-state index contributed by atoms with van der Waals surface area (Å²) in [5, 5.41) is 0. The van der Waals surface area contributed by atoms with Gasteiger partial charge in [-0.1, -0.05) is 90.8 Å². The number of halogens is 2. The zero-order chi connectivity index (χ0) is 23.8. The molecule has 0 saturated carbocycles. The molecule has 0 heterocycles. The van der Waals surface area contributed by atoms with Crippen LogP contribution in [0.4, 0.5) is 0 Å². The van der Waals surface area contributed by atoms with Crippen molar-refractivity contribution in [1.29, 1.82) is 0 Å². The van der Waals surface area contributed by atoms with Gasteiger partial charge in [0.1, 0.15) is 0 Å². The first kappa shape index (κ1) is 39.4. The third-order valence-electron chi connectivity index (χ3n) is 5.67. The average Bonchev–Trinajstić information content (AvgIpc) is 3.47. The Balaban J connectivity index is -0.000000513. The fraction of sp³-hybridized carbons (Fsp3) is 0.312. The summed E-state index contributed by atoms with van der Waals surface area (Å²) >= 11 is 2.03. The molecular formula is C32H44Cl2SiTi-4. The van der Waals surface area contributed by atoms with E-state index in [4.69, 9.17) is 0 Å². The van der Waals surface area contributed by atoms with Crippen LogP contribution in [0, 0.1) is 37.8 Å². The maximum atomic E-state index is 3.45. The molecule has 4 heteroatoms. The second-order valence-electron chi connectivity index (χ2n) is 10.1. The zero-order valence-corrected chi connectivity index (χ0v) is 28.0. The summed E-state index contributed by atoms with van der Waals surface area (Å²) in [7, 11) is 1.86. The van der Waals surface area contributed by atoms with Crippen molar-refractivity contribution in [3.05, 3.63) is 122 Å². The number of rotatable bonds is 2. The van der Waals surface area contributed by atoms with Gasteiger partial charge in [0.05, 0.1) is 0 Å². The third kappa shape index (κ3) is 12.0. The Kier molecular flexibility index (Phi) is 19.9. The standard InChI is InChI=1S/2C15H17.2CH3.2ClH.H2Si.Ti/c2*1-15(2,3)14-10-9-13(11-14)12-7-5-4-6-8-12;;;;;;/h2*4-8,11H,10H2,1-3H3;2*1H3;2*1H;1H2;/q4*-1;;;;. The van der Waals surface area contributed by atoms with E-state index in [1.165, 1.54) is 33.4 Å². The van der Waals surface area contributed by atoms with Gasteiger partial charge in [0.2, 0.25) is 0 Å². The normalized spacial score (nSPS) is 13.6. The molecule has 0 spiro atoms. The molecule has 0 radical (unpaired) electrons. The van der Waals surface area contributed by atoms with E-state index in [2.05, 4.69) is 114 Å². The summed E-state index contributed by atoms with van der Waals surface area (Å²) in [5.74, 6) is 0. The summed E-state index contributed by atoms with van der Waals surface area (Å²) in [4.78, 5) is 0. The van der Waals surface area contributed by atoms with Gasteiger partial charge in [-0.15, -0.1) is 71.4 Å². The molecule has 2 aromatic rings. The zero-order valence-electron chi connectivity index (χ0n) is 23.4. The number of benzene rings is 2. The fourth-order valence-electron chi connectivity index (χ4n) is 3.50. The van der Waals surface area contributed by atoms with Crippen LogP contribution in [-0.4, -0.2) is 7.63 Å². The molecule has 0 aromatic heterocycles. The van der Waals surface area contributed by atoms with Crippen LogP contribution in [0.2, 0.25) is 0 Å². The average molecular weight is 576 g/mol. The van der Waals surface area contributed by atoms with Gasteiger partial charge in [0, 0.05) is 0 Å². The molecule has 36 heavy (non-hydrogen) atoms. The molecular weight excluding hydrogens is 531 g/mol. The van der Waals surface area contributed by atoms with E-state index < -0.39 is 0 Å². The molecule has 0 atom stereocenters. The van der Waals surface area contributed by atoms with Crippen LogP contribution in [0.3, 0.4) is 0 Å². The van der Waals surface area contributed by atoms with Crippen molar-refractivity contribution in [2.45, 2.75) is 54.4 Å². The minimum atomic E-state index is 0. The van der Waals surface area contributed by atoms with Crippen molar-refractivity contribution in [3.8, 4) is 0 Å². The number of hydrogen-bond donors (Lipinski definition) is 0. The monoisotopic (exact) mass is 574 g/mol. The minimum absolute atomic E-state index is 0. The van der Waals surface area contributed by atoms with E-state index in [1.807, 2.05) is 38.9 Å². The molecule has 0 fully saturated rings. The Hall–Kier alpha value is -1.09. The molecule has 0 amide bonds. The molecule has 4 rings (SSSR count). The van der Waals surface area contributed by atoms with Gasteiger partial charge >= 0.3 is 26.8 Å². The van der Waals surface area contributed by atoms with Gasteiger partial charge in [0.25, 0.3) is 0 Å². The predicted octanol–water partition coefficient (Wildman–Crippen LogP) is 9.32. The second-order valence-corrected chi connectivity index (χ2v) is 10.1. The number of hydrogen-bond acceptors (Lipinski definition) is 0. The van der Waals surface area contributed by atoms with Gasteiger partial charge in [-0.25, -0.2) is 0 Å². The molecule has 0 unspecified atom stereocenters. The Morgan fingerprint density at radius 1 is 0.583 bits per heavy atom. The van der Waals surface area contributed by atoms with Gasteiger partial charge in [-0.2, -0.15) is 35.5 Å². The van der Waals surface area contributed by atoms with Gasteiger partial charge in [0.15, 0.2) is 0 Å². The molecule has 0 nitrogen and oxygen atoms in total. The van der Waals surface area contributed by atoms with Crippen LogP contribution in [-0.2, 0) is 19.2 Å². The molecule has 0 saturated heterocycles. The Labute approximate surface area is 248 Å². The Morgan fingerprint density at radius 3 is 1.08 bits per heavy atom. The molecule has 2 aliphatic carbocycles. The first-order valence-electron chi connectivity index (χ1n) is 11.2. The predicted molar refractivity (Wildman–Crippen MR) is 166 cm³/mol. The van der Waals surface area contributed by atoms with E-state index in [-0.39, 0.29) is 50.5 Å². The van der Waals surface area contributed by atoms with Crippen LogP contribution >= 0.6 is 24.8 Å². The van der Waals surface area contributed by atoms with Crippen LogP contribution in [0.1, 0.15) is 65.5 Å². The summed E-state index contributed by atoms with van der Waals surface area (Å²) in [6.07, 6.45) is 13.4. The topological polar surface area (TPSA) is 0 Å². The van der Waals surface area contributed by atoms with Gasteiger partial charge in [-0.3, -0.25) is 0 Å². The summed E-state index contributed by atoms with van der Waals surface area (Å²) in [6, 6.07) is 21.0. The van der Waals surface area contributed by atoms with Crippen molar-refractivity contribution in [2.24, 2.45) is 10.8 Å². The van der Waals surface area contributed by atoms with Crippen LogP contribution < -0.4 is 0 Å². The van der Waals surface area contributed by atoms with Gasteiger partial charge < -0.3 is 14.9 Å². The molecule has 2 aliphatic rings. The van der Waals surface area contributed by atoms with E-state index in [0.29, 0.717) is 0 Å². The molecule has 0 aliphatic heterocycles. The summed E-state index contributed by atoms with van der Waals surface area (Å²) < 4.78 is 0. The molecule has 2 aromatic carbocycles.